The van der Waals surface area contributed by atoms with Crippen LogP contribution in [-0.4, -0.2) is 52.0 Å². The monoisotopic (exact) mass is 317 g/mol. The Balaban J connectivity index is 2.44. The number of hydrogen-bond donors (Lipinski definition) is 2. The predicted octanol–water partition coefficient (Wildman–Crippen LogP) is 0.993. The Morgan fingerprint density at radius 2 is 2.29 bits per heavy atom. The van der Waals surface area contributed by atoms with E-state index in [2.05, 4.69) is 9.97 Å². The number of nitrogens with one attached hydrogen (secondary N) is 1. The highest BCUT2D eigenvalue weighted by Crippen LogP contribution is 2.27. The van der Waals surface area contributed by atoms with Crippen molar-refractivity contribution >= 4 is 27.5 Å². The second kappa shape index (κ2) is 6.27. The van der Waals surface area contributed by atoms with Gasteiger partial charge in [-0.15, -0.1) is 11.3 Å². The number of fused-ring (bicyclic) bond motifs is 1. The lowest BCUT2D eigenvalue weighted by molar-refractivity contribution is 0.0513. The van der Waals surface area contributed by atoms with Gasteiger partial charge in [0.2, 0.25) is 0 Å². The number of aromatic amines is 1. The zero-order valence-corrected chi connectivity index (χ0v) is 11.9. The van der Waals surface area contributed by atoms with E-state index >= 15 is 0 Å². The normalized spacial score (nSPS) is 11.3. The first-order valence-electron chi connectivity index (χ1n) is 6.10. The summed E-state index contributed by atoms with van der Waals surface area (Å²) in [6, 6.07) is 0. The molecule has 114 valence electrons. The number of aliphatic hydroxyl groups is 1. The first-order valence-corrected chi connectivity index (χ1v) is 6.92. The molecule has 0 fully saturated rings. The number of rotatable bonds is 5. The van der Waals surface area contributed by atoms with Gasteiger partial charge in [0.05, 0.1) is 29.7 Å². The quantitative estimate of drug-likeness (QED) is 0.861. The van der Waals surface area contributed by atoms with Crippen molar-refractivity contribution in [2.75, 3.05) is 19.7 Å². The number of aryl methyl sites for hydroxylation is 1. The Bertz CT molecular complexity index is 713. The molecule has 2 heterocycles. The Morgan fingerprint density at radius 3 is 2.86 bits per heavy atom. The summed E-state index contributed by atoms with van der Waals surface area (Å²) in [4.78, 5) is 31.9. The molecule has 0 aliphatic rings. The summed E-state index contributed by atoms with van der Waals surface area (Å²) in [6.45, 7) is 0.196. The second-order valence-corrected chi connectivity index (χ2v) is 5.33. The summed E-state index contributed by atoms with van der Waals surface area (Å²) in [6.07, 6.45) is -1.48. The molecule has 0 bridgehead atoms. The lowest BCUT2D eigenvalue weighted by atomic mass is 10.2. The summed E-state index contributed by atoms with van der Waals surface area (Å²) < 4.78 is 25.0. The summed E-state index contributed by atoms with van der Waals surface area (Å²) in [5, 5.41) is 9.18. The molecule has 2 N–H and O–H groups in total. The van der Waals surface area contributed by atoms with Crippen molar-refractivity contribution in [2.24, 2.45) is 0 Å². The summed E-state index contributed by atoms with van der Waals surface area (Å²) >= 11 is 0.979. The fourth-order valence-electron chi connectivity index (χ4n) is 1.99. The molecule has 0 aliphatic carbocycles. The minimum Gasteiger partial charge on any atom is -0.395 e. The Labute approximate surface area is 122 Å². The van der Waals surface area contributed by atoms with Gasteiger partial charge >= 0.3 is 0 Å². The second-order valence-electron chi connectivity index (χ2n) is 4.33. The third-order valence-electron chi connectivity index (χ3n) is 2.94. The van der Waals surface area contributed by atoms with Gasteiger partial charge in [0.1, 0.15) is 4.83 Å². The molecule has 0 radical (unpaired) electrons. The number of amides is 1. The van der Waals surface area contributed by atoms with E-state index in [4.69, 9.17) is 5.11 Å². The zero-order chi connectivity index (χ0) is 15.6. The molecule has 1 amide bonds. The molecular weight excluding hydrogens is 304 g/mol. The molecule has 6 nitrogen and oxygen atoms in total. The number of carbonyl (C=O) groups excluding carboxylic acids is 1. The van der Waals surface area contributed by atoms with Crippen LogP contribution in [0.2, 0.25) is 0 Å². The van der Waals surface area contributed by atoms with E-state index < -0.39 is 25.5 Å². The fraction of sp³-hybridized carbons (Fsp3) is 0.417. The van der Waals surface area contributed by atoms with Crippen molar-refractivity contribution in [3.8, 4) is 0 Å². The lowest BCUT2D eigenvalue weighted by Crippen LogP contribution is -2.37. The van der Waals surface area contributed by atoms with E-state index in [1.54, 1.807) is 6.92 Å². The number of thiophene rings is 1. The molecule has 2 rings (SSSR count). The van der Waals surface area contributed by atoms with Crippen molar-refractivity contribution < 1.29 is 18.7 Å². The molecule has 9 heteroatoms. The van der Waals surface area contributed by atoms with Crippen LogP contribution in [0.1, 0.15) is 15.2 Å². The van der Waals surface area contributed by atoms with Crippen LogP contribution in [0, 0.1) is 6.92 Å². The van der Waals surface area contributed by atoms with Gasteiger partial charge in [0, 0.05) is 6.54 Å². The number of carbonyl (C=O) groups is 1. The number of nitrogens with zero attached hydrogens (tertiary/aromatic N) is 2. The molecule has 0 aromatic carbocycles. The number of H-pyrrole nitrogens is 1. The number of alkyl halides is 2. The van der Waals surface area contributed by atoms with Gasteiger partial charge in [-0.25, -0.2) is 13.8 Å². The highest BCUT2D eigenvalue weighted by Gasteiger charge is 2.24. The van der Waals surface area contributed by atoms with Gasteiger partial charge in [-0.05, 0) is 12.5 Å². The SMILES string of the molecule is Cc1c(C(=O)N(CCO)CC(F)F)sc2nc[nH]c(=O)c12. The van der Waals surface area contributed by atoms with E-state index in [-0.39, 0.29) is 22.4 Å². The number of halogens is 2. The largest absolute Gasteiger partial charge is 0.395 e. The lowest BCUT2D eigenvalue weighted by Gasteiger charge is -2.20. The number of aromatic nitrogens is 2. The van der Waals surface area contributed by atoms with E-state index in [0.717, 1.165) is 16.2 Å². The van der Waals surface area contributed by atoms with E-state index in [9.17, 15) is 18.4 Å². The third kappa shape index (κ3) is 3.08. The first kappa shape index (κ1) is 15.5. The van der Waals surface area contributed by atoms with Gasteiger partial charge in [-0.3, -0.25) is 9.59 Å². The fourth-order valence-corrected chi connectivity index (χ4v) is 3.11. The van der Waals surface area contributed by atoms with Gasteiger partial charge < -0.3 is 15.0 Å². The van der Waals surface area contributed by atoms with Crippen molar-refractivity contribution in [3.63, 3.8) is 0 Å². The van der Waals surface area contributed by atoms with E-state index in [0.29, 0.717) is 10.4 Å². The van der Waals surface area contributed by atoms with Crippen LogP contribution in [-0.2, 0) is 0 Å². The van der Waals surface area contributed by atoms with E-state index in [1.807, 2.05) is 0 Å². The van der Waals surface area contributed by atoms with Crippen molar-refractivity contribution in [1.29, 1.82) is 0 Å². The van der Waals surface area contributed by atoms with Gasteiger partial charge in [-0.1, -0.05) is 0 Å². The van der Waals surface area contributed by atoms with Crippen LogP contribution >= 0.6 is 11.3 Å². The Morgan fingerprint density at radius 1 is 1.57 bits per heavy atom. The predicted molar refractivity (Wildman–Crippen MR) is 74.0 cm³/mol. The smallest absolute Gasteiger partial charge is 0.264 e. The maximum atomic E-state index is 12.5. The van der Waals surface area contributed by atoms with Crippen LogP contribution < -0.4 is 5.56 Å². The molecule has 0 spiro atoms. The average Bonchev–Trinajstić information content (AvgIpc) is 2.76. The van der Waals surface area contributed by atoms with E-state index in [1.165, 1.54) is 6.33 Å². The molecule has 0 atom stereocenters. The summed E-state index contributed by atoms with van der Waals surface area (Å²) in [7, 11) is 0. The Hall–Kier alpha value is -1.87. The number of hydrogen-bond acceptors (Lipinski definition) is 5. The van der Waals surface area contributed by atoms with Gasteiger partial charge in [-0.2, -0.15) is 0 Å². The molecular formula is C12H13F2N3O3S. The van der Waals surface area contributed by atoms with Gasteiger partial charge in [0.25, 0.3) is 17.9 Å². The Kier molecular flexibility index (Phi) is 4.63. The van der Waals surface area contributed by atoms with Crippen LogP contribution in [0.25, 0.3) is 10.2 Å². The third-order valence-corrected chi connectivity index (χ3v) is 4.13. The zero-order valence-electron chi connectivity index (χ0n) is 11.1. The minimum absolute atomic E-state index is 0.184. The first-order chi connectivity index (χ1) is 9.95. The maximum Gasteiger partial charge on any atom is 0.264 e. The van der Waals surface area contributed by atoms with Crippen LogP contribution in [0.4, 0.5) is 8.78 Å². The highest BCUT2D eigenvalue weighted by molar-refractivity contribution is 7.20. The summed E-state index contributed by atoms with van der Waals surface area (Å²) in [5.41, 5.74) is 0.0296. The van der Waals surface area contributed by atoms with Crippen LogP contribution in [0.15, 0.2) is 11.1 Å². The maximum absolute atomic E-state index is 12.5. The van der Waals surface area contributed by atoms with Crippen molar-refractivity contribution in [1.82, 2.24) is 14.9 Å². The molecule has 2 aromatic rings. The molecule has 21 heavy (non-hydrogen) atoms. The summed E-state index contributed by atoms with van der Waals surface area (Å²) in [5.74, 6) is -0.635. The molecule has 0 saturated carbocycles. The molecule has 2 aromatic heterocycles. The average molecular weight is 317 g/mol. The van der Waals surface area contributed by atoms with Gasteiger partial charge in [0.15, 0.2) is 0 Å². The standard InChI is InChI=1S/C12H13F2N3O3S/c1-6-8-10(19)15-5-16-11(8)21-9(6)12(20)17(2-3-18)4-7(13)14/h5,7,18H,2-4H2,1H3,(H,15,16,19). The highest BCUT2D eigenvalue weighted by atomic mass is 32.1. The molecule has 0 aliphatic heterocycles. The number of aliphatic hydroxyl groups excluding tert-OH is 1. The molecule has 0 saturated heterocycles. The van der Waals surface area contributed by atoms with Crippen LogP contribution in [0.5, 0.6) is 0 Å². The van der Waals surface area contributed by atoms with Crippen molar-refractivity contribution in [2.45, 2.75) is 13.3 Å². The topological polar surface area (TPSA) is 86.3 Å². The van der Waals surface area contributed by atoms with Crippen molar-refractivity contribution in [3.05, 3.63) is 27.1 Å². The minimum atomic E-state index is -2.70. The van der Waals surface area contributed by atoms with Crippen LogP contribution in [0.3, 0.4) is 0 Å². The molecule has 0 unspecified atom stereocenters.